The molecule has 0 spiro atoms. The number of alkyl halides is 3. The number of aromatic nitrogens is 1. The number of hydrogen-bond acceptors (Lipinski definition) is 2. The number of rotatable bonds is 11. The summed E-state index contributed by atoms with van der Waals surface area (Å²) in [5.74, 6) is -0.349. The highest BCUT2D eigenvalue weighted by Crippen LogP contribution is 2.30. The fourth-order valence-electron chi connectivity index (χ4n) is 4.26. The highest BCUT2D eigenvalue weighted by atomic mass is 19.4. The Kier molecular flexibility index (Phi) is 9.78. The zero-order valence-corrected chi connectivity index (χ0v) is 22.7. The van der Waals surface area contributed by atoms with Crippen LogP contribution in [0, 0.1) is 5.41 Å². The van der Waals surface area contributed by atoms with E-state index in [1.54, 1.807) is 23.2 Å². The molecule has 39 heavy (non-hydrogen) atoms. The average molecular weight is 540 g/mol. The summed E-state index contributed by atoms with van der Waals surface area (Å²) in [7, 11) is 0. The number of halogens is 3. The van der Waals surface area contributed by atoms with Gasteiger partial charge >= 0.3 is 6.18 Å². The van der Waals surface area contributed by atoms with Crippen LogP contribution in [0.4, 0.5) is 13.2 Å². The molecule has 0 saturated carbocycles. The van der Waals surface area contributed by atoms with Crippen LogP contribution in [0.2, 0.25) is 0 Å². The maximum Gasteiger partial charge on any atom is 0.416 e. The number of carbonyl (C=O) groups is 2. The Bertz CT molecular complexity index is 1260. The molecule has 0 aliphatic rings. The third-order valence-corrected chi connectivity index (χ3v) is 6.16. The summed E-state index contributed by atoms with van der Waals surface area (Å²) in [6.45, 7) is 10.6. The van der Waals surface area contributed by atoms with E-state index in [0.29, 0.717) is 18.5 Å². The van der Waals surface area contributed by atoms with E-state index in [0.717, 1.165) is 23.4 Å². The fraction of sp³-hybridized carbons (Fsp3) is 0.355. The topological polar surface area (TPSA) is 45.6 Å². The molecule has 1 aromatic heterocycles. The first kappa shape index (κ1) is 29.7. The smallest absolute Gasteiger partial charge is 0.345 e. The van der Waals surface area contributed by atoms with Gasteiger partial charge in [0.15, 0.2) is 0 Å². The number of benzene rings is 2. The predicted octanol–water partition coefficient (Wildman–Crippen LogP) is 6.53. The Morgan fingerprint density at radius 2 is 1.56 bits per heavy atom. The monoisotopic (exact) mass is 539 g/mol. The van der Waals surface area contributed by atoms with Crippen molar-refractivity contribution in [2.24, 2.45) is 5.41 Å². The van der Waals surface area contributed by atoms with Gasteiger partial charge in [0.05, 0.1) is 12.1 Å². The van der Waals surface area contributed by atoms with E-state index in [2.05, 4.69) is 6.58 Å². The van der Waals surface area contributed by atoms with E-state index in [-0.39, 0.29) is 43.4 Å². The minimum Gasteiger partial charge on any atom is -0.345 e. The maximum atomic E-state index is 13.6. The van der Waals surface area contributed by atoms with E-state index in [1.807, 2.05) is 67.8 Å². The van der Waals surface area contributed by atoms with E-state index in [4.69, 9.17) is 0 Å². The fourth-order valence-corrected chi connectivity index (χ4v) is 4.26. The molecule has 3 aromatic rings. The molecule has 0 N–H and O–H groups in total. The molecule has 208 valence electrons. The van der Waals surface area contributed by atoms with Crippen LogP contribution in [-0.2, 0) is 35.4 Å². The molecule has 0 radical (unpaired) electrons. The lowest BCUT2D eigenvalue weighted by Gasteiger charge is -2.29. The van der Waals surface area contributed by atoms with Crippen molar-refractivity contribution >= 4 is 11.8 Å². The first-order valence-electron chi connectivity index (χ1n) is 12.9. The van der Waals surface area contributed by atoms with E-state index in [9.17, 15) is 22.8 Å². The molecule has 0 atom stereocenters. The van der Waals surface area contributed by atoms with Gasteiger partial charge in [0, 0.05) is 37.9 Å². The van der Waals surface area contributed by atoms with Crippen molar-refractivity contribution in [1.82, 2.24) is 14.4 Å². The Morgan fingerprint density at radius 3 is 2.21 bits per heavy atom. The van der Waals surface area contributed by atoms with E-state index in [1.165, 1.54) is 11.0 Å². The molecular weight excluding hydrogens is 503 g/mol. The number of nitrogens with zero attached hydrogens (tertiary/aromatic N) is 3. The predicted molar refractivity (Wildman–Crippen MR) is 147 cm³/mol. The SMILES string of the molecule is C=CCN(CC(=O)N(Cc1ccccc1)Cc1cccn1Cc1cccc(C(F)(F)F)c1)C(=O)CC(C)(C)C. The standard InChI is InChI=1S/C31H36F3N3O2/c1-5-16-36(28(38)19-30(2,3)4)23-29(39)37(20-24-11-7-6-8-12-24)22-27-15-10-17-35(27)21-25-13-9-14-26(18-25)31(32,33)34/h5-15,17-18H,1,16,19-23H2,2-4H3. The van der Waals surface area contributed by atoms with Crippen LogP contribution in [0.1, 0.15) is 49.6 Å². The van der Waals surface area contributed by atoms with E-state index >= 15 is 0 Å². The van der Waals surface area contributed by atoms with Gasteiger partial charge in [-0.15, -0.1) is 6.58 Å². The minimum atomic E-state index is -4.42. The van der Waals surface area contributed by atoms with Crippen LogP contribution in [-0.4, -0.2) is 39.3 Å². The van der Waals surface area contributed by atoms with Crippen LogP contribution < -0.4 is 0 Å². The van der Waals surface area contributed by atoms with Crippen molar-refractivity contribution in [3.05, 3.63) is 108 Å². The minimum absolute atomic E-state index is 0.0951. The van der Waals surface area contributed by atoms with E-state index < -0.39 is 11.7 Å². The summed E-state index contributed by atoms with van der Waals surface area (Å²) in [4.78, 5) is 29.8. The maximum absolute atomic E-state index is 13.6. The van der Waals surface area contributed by atoms with Gasteiger partial charge in [0.1, 0.15) is 6.54 Å². The van der Waals surface area contributed by atoms with Crippen LogP contribution in [0.3, 0.4) is 0 Å². The summed E-state index contributed by atoms with van der Waals surface area (Å²) in [5, 5.41) is 0. The normalized spacial score (nSPS) is 11.7. The highest BCUT2D eigenvalue weighted by molar-refractivity contribution is 5.85. The van der Waals surface area contributed by atoms with Crippen LogP contribution in [0.25, 0.3) is 0 Å². The Morgan fingerprint density at radius 1 is 0.872 bits per heavy atom. The third-order valence-electron chi connectivity index (χ3n) is 6.16. The lowest BCUT2D eigenvalue weighted by molar-refractivity contribution is -0.141. The van der Waals surface area contributed by atoms with Crippen molar-refractivity contribution in [3.8, 4) is 0 Å². The molecular formula is C31H36F3N3O2. The first-order valence-corrected chi connectivity index (χ1v) is 12.9. The second-order valence-corrected chi connectivity index (χ2v) is 10.9. The highest BCUT2D eigenvalue weighted by Gasteiger charge is 2.30. The van der Waals surface area contributed by atoms with Crippen LogP contribution in [0.15, 0.2) is 85.6 Å². The summed E-state index contributed by atoms with van der Waals surface area (Å²) < 4.78 is 41.5. The Labute approximate surface area is 228 Å². The molecule has 0 aliphatic heterocycles. The quantitative estimate of drug-likeness (QED) is 0.260. The lowest BCUT2D eigenvalue weighted by Crippen LogP contribution is -2.43. The molecule has 2 amide bonds. The van der Waals surface area contributed by atoms with Gasteiger partial charge in [-0.3, -0.25) is 9.59 Å². The van der Waals surface area contributed by atoms with Crippen molar-refractivity contribution in [2.45, 2.75) is 53.0 Å². The average Bonchev–Trinajstić information content (AvgIpc) is 3.29. The summed E-state index contributed by atoms with van der Waals surface area (Å²) >= 11 is 0. The van der Waals surface area contributed by atoms with Crippen molar-refractivity contribution < 1.29 is 22.8 Å². The molecule has 2 aromatic carbocycles. The van der Waals surface area contributed by atoms with Gasteiger partial charge in [-0.05, 0) is 40.8 Å². The van der Waals surface area contributed by atoms with Crippen molar-refractivity contribution in [1.29, 1.82) is 0 Å². The molecule has 0 saturated heterocycles. The molecule has 0 unspecified atom stereocenters. The molecule has 0 bridgehead atoms. The molecule has 5 nitrogen and oxygen atoms in total. The summed E-state index contributed by atoms with van der Waals surface area (Å²) in [6.07, 6.45) is -0.726. The second-order valence-electron chi connectivity index (χ2n) is 10.9. The zero-order chi connectivity index (χ0) is 28.6. The summed E-state index contributed by atoms with van der Waals surface area (Å²) in [5.41, 5.74) is 1.28. The second kappa shape index (κ2) is 12.8. The largest absolute Gasteiger partial charge is 0.416 e. The Hall–Kier alpha value is -3.81. The molecule has 0 fully saturated rings. The van der Waals surface area contributed by atoms with Gasteiger partial charge in [-0.1, -0.05) is 69.3 Å². The third kappa shape index (κ3) is 9.16. The molecule has 0 aliphatic carbocycles. The number of hydrogen-bond donors (Lipinski definition) is 0. The van der Waals surface area contributed by atoms with Gasteiger partial charge < -0.3 is 14.4 Å². The molecule has 8 heteroatoms. The van der Waals surface area contributed by atoms with Gasteiger partial charge in [0.25, 0.3) is 0 Å². The number of carbonyl (C=O) groups excluding carboxylic acids is 2. The number of amides is 2. The van der Waals surface area contributed by atoms with Crippen molar-refractivity contribution in [3.63, 3.8) is 0 Å². The lowest BCUT2D eigenvalue weighted by atomic mass is 9.91. The van der Waals surface area contributed by atoms with Gasteiger partial charge in [0.2, 0.25) is 11.8 Å². The van der Waals surface area contributed by atoms with Gasteiger partial charge in [-0.25, -0.2) is 0 Å². The molecule has 3 rings (SSSR count). The van der Waals surface area contributed by atoms with Crippen LogP contribution >= 0.6 is 0 Å². The summed E-state index contributed by atoms with van der Waals surface area (Å²) in [6, 6.07) is 18.4. The van der Waals surface area contributed by atoms with Crippen LogP contribution in [0.5, 0.6) is 0 Å². The Balaban J connectivity index is 1.84. The zero-order valence-electron chi connectivity index (χ0n) is 22.7. The van der Waals surface area contributed by atoms with Crippen molar-refractivity contribution in [2.75, 3.05) is 13.1 Å². The first-order chi connectivity index (χ1) is 18.4. The molecule has 1 heterocycles. The van der Waals surface area contributed by atoms with Gasteiger partial charge in [-0.2, -0.15) is 13.2 Å².